The monoisotopic (exact) mass is 435 g/mol. The van der Waals surface area contributed by atoms with E-state index in [-0.39, 0.29) is 23.9 Å². The van der Waals surface area contributed by atoms with Crippen LogP contribution in [0.1, 0.15) is 27.0 Å². The number of hydrogen-bond acceptors (Lipinski definition) is 4. The quantitative estimate of drug-likeness (QED) is 0.251. The van der Waals surface area contributed by atoms with Crippen LogP contribution in [0.5, 0.6) is 5.75 Å². The fraction of sp³-hybridized carbons (Fsp3) is 0.125. The maximum absolute atomic E-state index is 12.4. The molecule has 0 fully saturated rings. The van der Waals surface area contributed by atoms with Crippen LogP contribution in [0.4, 0.5) is 5.69 Å². The van der Waals surface area contributed by atoms with Crippen molar-refractivity contribution in [2.75, 3.05) is 0 Å². The number of nitrogens with zero attached hydrogens (tertiary/aromatic N) is 1. The fourth-order valence-electron chi connectivity index (χ4n) is 3.05. The van der Waals surface area contributed by atoms with Crippen molar-refractivity contribution in [3.63, 3.8) is 0 Å². The Morgan fingerprint density at radius 3 is 2.35 bits per heavy atom. The van der Waals surface area contributed by atoms with Crippen molar-refractivity contribution in [1.82, 2.24) is 0 Å². The average molecular weight is 436 g/mol. The van der Waals surface area contributed by atoms with Crippen LogP contribution in [0.2, 0.25) is 5.02 Å². The molecule has 0 atom stereocenters. The minimum Gasteiger partial charge on any atom is -0.423 e. The number of ketones is 1. The lowest BCUT2D eigenvalue weighted by Crippen LogP contribution is -2.21. The van der Waals surface area contributed by atoms with E-state index in [2.05, 4.69) is 4.99 Å². The lowest BCUT2D eigenvalue weighted by atomic mass is 10.0. The van der Waals surface area contributed by atoms with Crippen LogP contribution in [0.15, 0.2) is 71.7 Å². The van der Waals surface area contributed by atoms with Crippen LogP contribution in [-0.2, 0) is 17.6 Å². The summed E-state index contributed by atoms with van der Waals surface area (Å²) < 4.78 is 5.38. The van der Waals surface area contributed by atoms with Crippen LogP contribution in [0.25, 0.3) is 0 Å². The standard InChI is InChI=1S/C24H22ClN3O3/c1-15-3-2-4-16(11-15)12-20(29)13-18-7-10-21(14-22(18)25)31-23(30)17-5-8-19(9-6-17)28-24(26)27/h2-11,14H,12-13H2,1H3,(H4,26,27,28). The number of carbonyl (C=O) groups is 2. The molecule has 0 radical (unpaired) electrons. The molecule has 3 aromatic rings. The van der Waals surface area contributed by atoms with Crippen molar-refractivity contribution in [2.24, 2.45) is 16.5 Å². The van der Waals surface area contributed by atoms with Gasteiger partial charge in [-0.15, -0.1) is 0 Å². The predicted octanol–water partition coefficient (Wildman–Crippen LogP) is 4.13. The van der Waals surface area contributed by atoms with Crippen molar-refractivity contribution < 1.29 is 14.3 Å². The van der Waals surface area contributed by atoms with Gasteiger partial charge in [-0.2, -0.15) is 0 Å². The summed E-state index contributed by atoms with van der Waals surface area (Å²) in [7, 11) is 0. The molecule has 0 bridgehead atoms. The molecule has 0 saturated carbocycles. The van der Waals surface area contributed by atoms with E-state index in [9.17, 15) is 9.59 Å². The van der Waals surface area contributed by atoms with Crippen molar-refractivity contribution in [2.45, 2.75) is 19.8 Å². The largest absolute Gasteiger partial charge is 0.423 e. The van der Waals surface area contributed by atoms with E-state index in [0.717, 1.165) is 11.1 Å². The third-order valence-corrected chi connectivity index (χ3v) is 4.82. The highest BCUT2D eigenvalue weighted by atomic mass is 35.5. The maximum atomic E-state index is 12.4. The number of ether oxygens (including phenoxy) is 1. The molecule has 3 aromatic carbocycles. The first-order valence-corrected chi connectivity index (χ1v) is 9.95. The predicted molar refractivity (Wildman–Crippen MR) is 122 cm³/mol. The SMILES string of the molecule is Cc1cccc(CC(=O)Cc2ccc(OC(=O)c3ccc(N=C(N)N)cc3)cc2Cl)c1. The number of carbonyl (C=O) groups excluding carboxylic acids is 2. The van der Waals surface area contributed by atoms with E-state index in [1.54, 1.807) is 36.4 Å². The van der Waals surface area contributed by atoms with E-state index >= 15 is 0 Å². The molecule has 0 aliphatic rings. The molecular formula is C24H22ClN3O3. The summed E-state index contributed by atoms with van der Waals surface area (Å²) in [6, 6.07) is 19.0. The molecule has 6 nitrogen and oxygen atoms in total. The second-order valence-corrected chi connectivity index (χ2v) is 7.51. The first-order chi connectivity index (χ1) is 14.8. The van der Waals surface area contributed by atoms with Gasteiger partial charge in [0.15, 0.2) is 5.96 Å². The number of esters is 1. The van der Waals surface area contributed by atoms with Crippen LogP contribution in [0.3, 0.4) is 0 Å². The maximum Gasteiger partial charge on any atom is 0.343 e. The van der Waals surface area contributed by atoms with Crippen molar-refractivity contribution in [3.05, 3.63) is 94.0 Å². The van der Waals surface area contributed by atoms with Crippen LogP contribution >= 0.6 is 11.6 Å². The van der Waals surface area contributed by atoms with Gasteiger partial charge in [-0.1, -0.05) is 47.5 Å². The molecule has 31 heavy (non-hydrogen) atoms. The topological polar surface area (TPSA) is 108 Å². The number of aryl methyl sites for hydroxylation is 1. The molecule has 0 saturated heterocycles. The summed E-state index contributed by atoms with van der Waals surface area (Å²) in [6.07, 6.45) is 0.540. The van der Waals surface area contributed by atoms with Gasteiger partial charge in [0, 0.05) is 17.9 Å². The average Bonchev–Trinajstić information content (AvgIpc) is 2.70. The van der Waals surface area contributed by atoms with Gasteiger partial charge in [-0.05, 0) is 54.4 Å². The summed E-state index contributed by atoms with van der Waals surface area (Å²) >= 11 is 6.32. The van der Waals surface area contributed by atoms with Gasteiger partial charge in [0.25, 0.3) is 0 Å². The number of halogens is 1. The first kappa shape index (κ1) is 22.1. The Bertz CT molecular complexity index is 1140. The first-order valence-electron chi connectivity index (χ1n) is 9.58. The Labute approximate surface area is 185 Å². The van der Waals surface area contributed by atoms with Gasteiger partial charge >= 0.3 is 5.97 Å². The number of rotatable bonds is 7. The molecule has 0 heterocycles. The van der Waals surface area contributed by atoms with Crippen molar-refractivity contribution in [1.29, 1.82) is 0 Å². The highest BCUT2D eigenvalue weighted by molar-refractivity contribution is 6.31. The summed E-state index contributed by atoms with van der Waals surface area (Å²) in [5, 5.41) is 0.367. The fourth-order valence-corrected chi connectivity index (χ4v) is 3.28. The number of guanidine groups is 1. The molecule has 0 unspecified atom stereocenters. The molecule has 4 N–H and O–H groups in total. The minimum atomic E-state index is -0.546. The normalized spacial score (nSPS) is 10.4. The Morgan fingerprint density at radius 1 is 0.968 bits per heavy atom. The number of Topliss-reactive ketones (excluding diaryl/α,β-unsaturated/α-hetero) is 1. The van der Waals surface area contributed by atoms with Gasteiger partial charge in [0.2, 0.25) is 0 Å². The summed E-state index contributed by atoms with van der Waals surface area (Å²) in [6.45, 7) is 1.99. The van der Waals surface area contributed by atoms with Gasteiger partial charge in [-0.25, -0.2) is 9.79 Å². The molecular weight excluding hydrogens is 414 g/mol. The van der Waals surface area contributed by atoms with E-state index in [1.807, 2.05) is 31.2 Å². The molecule has 0 amide bonds. The molecule has 7 heteroatoms. The molecule has 0 aromatic heterocycles. The van der Waals surface area contributed by atoms with Gasteiger partial charge in [0.05, 0.1) is 11.3 Å². The van der Waals surface area contributed by atoms with Gasteiger partial charge < -0.3 is 16.2 Å². The third-order valence-electron chi connectivity index (χ3n) is 4.47. The van der Waals surface area contributed by atoms with E-state index in [4.69, 9.17) is 27.8 Å². The zero-order valence-electron chi connectivity index (χ0n) is 17.0. The number of benzene rings is 3. The summed E-state index contributed by atoms with van der Waals surface area (Å²) in [4.78, 5) is 28.7. The smallest absolute Gasteiger partial charge is 0.343 e. The highest BCUT2D eigenvalue weighted by Crippen LogP contribution is 2.25. The molecule has 0 aliphatic carbocycles. The minimum absolute atomic E-state index is 0.0538. The van der Waals surface area contributed by atoms with Gasteiger partial charge in [-0.3, -0.25) is 4.79 Å². The van der Waals surface area contributed by atoms with E-state index in [0.29, 0.717) is 28.3 Å². The zero-order chi connectivity index (χ0) is 22.4. The highest BCUT2D eigenvalue weighted by Gasteiger charge is 2.13. The Morgan fingerprint density at radius 2 is 1.71 bits per heavy atom. The Balaban J connectivity index is 1.62. The van der Waals surface area contributed by atoms with E-state index < -0.39 is 5.97 Å². The van der Waals surface area contributed by atoms with E-state index in [1.165, 1.54) is 6.07 Å². The Kier molecular flexibility index (Phi) is 7.05. The lowest BCUT2D eigenvalue weighted by molar-refractivity contribution is -0.117. The molecule has 0 spiro atoms. The Hall–Kier alpha value is -3.64. The zero-order valence-corrected chi connectivity index (χ0v) is 17.7. The van der Waals surface area contributed by atoms with Crippen molar-refractivity contribution >= 4 is 35.0 Å². The molecule has 3 rings (SSSR count). The summed E-state index contributed by atoms with van der Waals surface area (Å²) in [5.74, 6) is -0.269. The van der Waals surface area contributed by atoms with Crippen LogP contribution < -0.4 is 16.2 Å². The van der Waals surface area contributed by atoms with Crippen LogP contribution in [-0.4, -0.2) is 17.7 Å². The second kappa shape index (κ2) is 9.91. The molecule has 158 valence electrons. The third kappa shape index (κ3) is 6.42. The van der Waals surface area contributed by atoms with Crippen molar-refractivity contribution in [3.8, 4) is 5.75 Å². The number of aliphatic imine (C=N–C) groups is 1. The van der Waals surface area contributed by atoms with Crippen LogP contribution in [0, 0.1) is 6.92 Å². The number of nitrogens with two attached hydrogens (primary N) is 2. The summed E-state index contributed by atoms with van der Waals surface area (Å²) in [5.41, 5.74) is 14.3. The second-order valence-electron chi connectivity index (χ2n) is 7.11. The molecule has 0 aliphatic heterocycles. The van der Waals surface area contributed by atoms with Gasteiger partial charge in [0.1, 0.15) is 11.5 Å². The lowest BCUT2D eigenvalue weighted by Gasteiger charge is -2.09. The number of hydrogen-bond donors (Lipinski definition) is 2.